The topological polar surface area (TPSA) is 67.3 Å². The maximum atomic E-state index is 12.4. The van der Waals surface area contributed by atoms with Crippen LogP contribution < -0.4 is 0 Å². The molecule has 128 valence electrons. The lowest BCUT2D eigenvalue weighted by Gasteiger charge is -2.13. The van der Waals surface area contributed by atoms with Gasteiger partial charge in [0.05, 0.1) is 28.2 Å². The Morgan fingerprint density at radius 3 is 2.38 bits per heavy atom. The fourth-order valence-corrected chi connectivity index (χ4v) is 3.27. The molecule has 0 aliphatic carbocycles. The van der Waals surface area contributed by atoms with E-state index in [4.69, 9.17) is 11.6 Å². The summed E-state index contributed by atoms with van der Waals surface area (Å²) in [4.78, 5) is 42.3. The number of amides is 2. The van der Waals surface area contributed by atoms with Crippen LogP contribution in [0.2, 0.25) is 5.02 Å². The Balaban J connectivity index is 1.51. The van der Waals surface area contributed by atoms with Gasteiger partial charge < -0.3 is 0 Å². The third kappa shape index (κ3) is 2.86. The van der Waals surface area contributed by atoms with Crippen molar-refractivity contribution < 1.29 is 14.4 Å². The zero-order chi connectivity index (χ0) is 18.3. The maximum absolute atomic E-state index is 12.4. The standard InChI is InChI=1S/C20H13ClN2O3/c21-14-9-13-7-12(5-6-18(13)22-10-14)8-15(24)11-23-19(25)16-3-1-2-4-17(16)20(23)26/h1-7,9-10H,8,11H2. The van der Waals surface area contributed by atoms with Crippen LogP contribution >= 0.6 is 11.6 Å². The van der Waals surface area contributed by atoms with Crippen molar-refractivity contribution in [3.8, 4) is 0 Å². The number of hydrogen-bond donors (Lipinski definition) is 0. The number of carbonyl (C=O) groups is 3. The number of Topliss-reactive ketones (excluding diaryl/α,β-unsaturated/α-hetero) is 1. The number of fused-ring (bicyclic) bond motifs is 2. The fourth-order valence-electron chi connectivity index (χ4n) is 3.11. The van der Waals surface area contributed by atoms with Gasteiger partial charge in [-0.05, 0) is 35.9 Å². The molecule has 0 atom stereocenters. The van der Waals surface area contributed by atoms with Crippen LogP contribution in [-0.4, -0.2) is 34.0 Å². The van der Waals surface area contributed by atoms with Crippen molar-refractivity contribution in [1.29, 1.82) is 0 Å². The van der Waals surface area contributed by atoms with Gasteiger partial charge in [-0.25, -0.2) is 0 Å². The van der Waals surface area contributed by atoms with Crippen LogP contribution in [0.25, 0.3) is 10.9 Å². The molecule has 4 rings (SSSR count). The van der Waals surface area contributed by atoms with Crippen molar-refractivity contribution in [2.75, 3.05) is 6.54 Å². The average molecular weight is 365 g/mol. The number of hydrogen-bond acceptors (Lipinski definition) is 4. The first-order valence-electron chi connectivity index (χ1n) is 8.04. The third-order valence-corrected chi connectivity index (χ3v) is 4.53. The molecule has 0 spiro atoms. The molecule has 0 bridgehead atoms. The van der Waals surface area contributed by atoms with Crippen molar-refractivity contribution in [2.45, 2.75) is 6.42 Å². The molecule has 5 nitrogen and oxygen atoms in total. The molecule has 1 aliphatic rings. The molecule has 1 aromatic heterocycles. The highest BCUT2D eigenvalue weighted by atomic mass is 35.5. The molecule has 0 radical (unpaired) electrons. The molecule has 0 saturated heterocycles. The summed E-state index contributed by atoms with van der Waals surface area (Å²) in [5.41, 5.74) is 2.25. The summed E-state index contributed by atoms with van der Waals surface area (Å²) >= 11 is 5.96. The molecule has 2 heterocycles. The fraction of sp³-hybridized carbons (Fsp3) is 0.100. The number of ketones is 1. The number of nitrogens with zero attached hydrogens (tertiary/aromatic N) is 2. The zero-order valence-electron chi connectivity index (χ0n) is 13.6. The monoisotopic (exact) mass is 364 g/mol. The molecule has 1 aliphatic heterocycles. The van der Waals surface area contributed by atoms with Gasteiger partial charge in [-0.2, -0.15) is 0 Å². The molecule has 0 unspecified atom stereocenters. The summed E-state index contributed by atoms with van der Waals surface area (Å²) in [7, 11) is 0. The molecular formula is C20H13ClN2O3. The summed E-state index contributed by atoms with van der Waals surface area (Å²) in [5.74, 6) is -1.06. The highest BCUT2D eigenvalue weighted by molar-refractivity contribution is 6.31. The van der Waals surface area contributed by atoms with Gasteiger partial charge in [0, 0.05) is 18.0 Å². The largest absolute Gasteiger partial charge is 0.297 e. The van der Waals surface area contributed by atoms with Gasteiger partial charge in [0.1, 0.15) is 0 Å². The van der Waals surface area contributed by atoms with Crippen LogP contribution in [0.1, 0.15) is 26.3 Å². The van der Waals surface area contributed by atoms with Crippen LogP contribution in [0.4, 0.5) is 0 Å². The van der Waals surface area contributed by atoms with Gasteiger partial charge in [0.25, 0.3) is 11.8 Å². The van der Waals surface area contributed by atoms with Gasteiger partial charge >= 0.3 is 0 Å². The molecule has 3 aromatic rings. The Bertz CT molecular complexity index is 1040. The summed E-state index contributed by atoms with van der Waals surface area (Å²) in [6, 6.07) is 13.8. The number of benzene rings is 2. The lowest BCUT2D eigenvalue weighted by molar-refractivity contribution is -0.118. The summed E-state index contributed by atoms with van der Waals surface area (Å²) < 4.78 is 0. The van der Waals surface area contributed by atoms with Crippen molar-refractivity contribution in [3.63, 3.8) is 0 Å². The van der Waals surface area contributed by atoms with Crippen LogP contribution in [0, 0.1) is 0 Å². The minimum atomic E-state index is -0.423. The quantitative estimate of drug-likeness (QED) is 0.666. The van der Waals surface area contributed by atoms with E-state index in [-0.39, 0.29) is 18.7 Å². The molecule has 0 saturated carbocycles. The number of imide groups is 1. The SMILES string of the molecule is O=C(Cc1ccc2ncc(Cl)cc2c1)CN1C(=O)c2ccccc2C1=O. The number of aromatic nitrogens is 1. The third-order valence-electron chi connectivity index (χ3n) is 4.33. The molecule has 6 heteroatoms. The first kappa shape index (κ1) is 16.4. The van der Waals surface area contributed by atoms with Crippen LogP contribution in [0.3, 0.4) is 0 Å². The van der Waals surface area contributed by atoms with E-state index in [1.165, 1.54) is 0 Å². The average Bonchev–Trinajstić information content (AvgIpc) is 2.87. The number of pyridine rings is 1. The molecule has 0 fully saturated rings. The number of halogens is 1. The number of carbonyl (C=O) groups excluding carboxylic acids is 3. The summed E-state index contributed by atoms with van der Waals surface area (Å²) in [6.45, 7) is -0.238. The van der Waals surface area contributed by atoms with Crippen molar-refractivity contribution in [2.24, 2.45) is 0 Å². The normalized spacial score (nSPS) is 13.3. The van der Waals surface area contributed by atoms with E-state index in [1.807, 2.05) is 18.2 Å². The molecular weight excluding hydrogens is 352 g/mol. The highest BCUT2D eigenvalue weighted by Gasteiger charge is 2.35. The Hall–Kier alpha value is -3.05. The van der Waals surface area contributed by atoms with Crippen LogP contribution in [0.15, 0.2) is 54.7 Å². The van der Waals surface area contributed by atoms with E-state index in [0.717, 1.165) is 21.4 Å². The van der Waals surface area contributed by atoms with Crippen molar-refractivity contribution in [3.05, 3.63) is 76.4 Å². The van der Waals surface area contributed by atoms with E-state index in [1.54, 1.807) is 36.5 Å². The minimum Gasteiger partial charge on any atom is -0.297 e. The second-order valence-corrected chi connectivity index (χ2v) is 6.57. The smallest absolute Gasteiger partial charge is 0.261 e. The van der Waals surface area contributed by atoms with E-state index < -0.39 is 11.8 Å². The summed E-state index contributed by atoms with van der Waals surface area (Å²) in [6.07, 6.45) is 1.69. The Labute approximate surface area is 154 Å². The van der Waals surface area contributed by atoms with Crippen LogP contribution in [-0.2, 0) is 11.2 Å². The Morgan fingerprint density at radius 2 is 1.69 bits per heavy atom. The van der Waals surface area contributed by atoms with Gasteiger partial charge in [0.2, 0.25) is 0 Å². The summed E-state index contributed by atoms with van der Waals surface area (Å²) in [5, 5.41) is 1.36. The first-order valence-corrected chi connectivity index (χ1v) is 8.42. The Morgan fingerprint density at radius 1 is 1.00 bits per heavy atom. The van der Waals surface area contributed by atoms with Gasteiger partial charge in [-0.3, -0.25) is 24.3 Å². The zero-order valence-corrected chi connectivity index (χ0v) is 14.4. The van der Waals surface area contributed by atoms with Crippen LogP contribution in [0.5, 0.6) is 0 Å². The first-order chi connectivity index (χ1) is 12.5. The van der Waals surface area contributed by atoms with Crippen molar-refractivity contribution >= 4 is 40.1 Å². The molecule has 2 aromatic carbocycles. The second-order valence-electron chi connectivity index (χ2n) is 6.14. The maximum Gasteiger partial charge on any atom is 0.261 e. The van der Waals surface area contributed by atoms with E-state index in [2.05, 4.69) is 4.98 Å². The predicted molar refractivity (Wildman–Crippen MR) is 97.3 cm³/mol. The molecule has 0 N–H and O–H groups in total. The predicted octanol–water partition coefficient (Wildman–Crippen LogP) is 3.30. The van der Waals surface area contributed by atoms with E-state index >= 15 is 0 Å². The van der Waals surface area contributed by atoms with E-state index in [9.17, 15) is 14.4 Å². The second kappa shape index (κ2) is 6.35. The minimum absolute atomic E-state index is 0.121. The van der Waals surface area contributed by atoms with Crippen molar-refractivity contribution in [1.82, 2.24) is 9.88 Å². The van der Waals surface area contributed by atoms with Gasteiger partial charge in [-0.1, -0.05) is 29.8 Å². The lowest BCUT2D eigenvalue weighted by Crippen LogP contribution is -2.35. The molecule has 26 heavy (non-hydrogen) atoms. The number of rotatable bonds is 4. The molecule has 2 amide bonds. The van der Waals surface area contributed by atoms with Gasteiger partial charge in [-0.15, -0.1) is 0 Å². The van der Waals surface area contributed by atoms with E-state index in [0.29, 0.717) is 16.1 Å². The lowest BCUT2D eigenvalue weighted by atomic mass is 10.1. The Kier molecular flexibility index (Phi) is 4.01. The highest BCUT2D eigenvalue weighted by Crippen LogP contribution is 2.23. The van der Waals surface area contributed by atoms with Gasteiger partial charge in [0.15, 0.2) is 5.78 Å².